The van der Waals surface area contributed by atoms with E-state index < -0.39 is 30.4 Å². The van der Waals surface area contributed by atoms with Gasteiger partial charge in [-0.3, -0.25) is 9.47 Å². The van der Waals surface area contributed by atoms with Crippen molar-refractivity contribution in [1.82, 2.24) is 24.4 Å². The van der Waals surface area contributed by atoms with Gasteiger partial charge >= 0.3 is 5.69 Å². The number of aromatic nitrogens is 4. The fourth-order valence-corrected chi connectivity index (χ4v) is 3.30. The van der Waals surface area contributed by atoms with Gasteiger partial charge < -0.3 is 10.5 Å². The summed E-state index contributed by atoms with van der Waals surface area (Å²) in [6, 6.07) is 1.30. The molecule has 0 spiro atoms. The number of nitrogens with zero attached hydrogens (tertiary/aromatic N) is 5. The predicted octanol–water partition coefficient (Wildman–Crippen LogP) is 0.554. The number of nitrogen functional groups attached to an aromatic ring is 1. The van der Waals surface area contributed by atoms with Crippen LogP contribution in [0.2, 0.25) is 0 Å². The maximum atomic E-state index is 14.4. The third-order valence-corrected chi connectivity index (χ3v) is 4.40. The van der Waals surface area contributed by atoms with Crippen molar-refractivity contribution in [1.29, 1.82) is 0 Å². The molecule has 8 nitrogen and oxygen atoms in total. The second kappa shape index (κ2) is 5.81. The highest BCUT2D eigenvalue weighted by Crippen LogP contribution is 2.42. The van der Waals surface area contributed by atoms with E-state index in [1.165, 1.54) is 18.6 Å². The second-order valence-corrected chi connectivity index (χ2v) is 6.28. The van der Waals surface area contributed by atoms with Crippen LogP contribution in [0.25, 0.3) is 0 Å². The number of hydrogen-bond acceptors (Lipinski definition) is 7. The first-order chi connectivity index (χ1) is 11.9. The Morgan fingerprint density at radius 2 is 2.24 bits per heavy atom. The molecule has 0 saturated carbocycles. The summed E-state index contributed by atoms with van der Waals surface area (Å²) >= 11 is 0. The summed E-state index contributed by atoms with van der Waals surface area (Å²) in [4.78, 5) is 25.5. The average Bonchev–Trinajstić information content (AvgIpc) is 3.07. The lowest BCUT2D eigenvalue weighted by Gasteiger charge is -2.21. The summed E-state index contributed by atoms with van der Waals surface area (Å²) in [7, 11) is 0. The zero-order valence-electron chi connectivity index (χ0n) is 13.2. The second-order valence-electron chi connectivity index (χ2n) is 6.28. The van der Waals surface area contributed by atoms with Crippen molar-refractivity contribution < 1.29 is 13.5 Å². The Labute approximate surface area is 141 Å². The van der Waals surface area contributed by atoms with Gasteiger partial charge in [0.25, 0.3) is 5.92 Å². The minimum absolute atomic E-state index is 0.0185. The molecule has 0 unspecified atom stereocenters. The first-order valence-corrected chi connectivity index (χ1v) is 7.80. The van der Waals surface area contributed by atoms with E-state index >= 15 is 0 Å². The van der Waals surface area contributed by atoms with Gasteiger partial charge in [-0.1, -0.05) is 0 Å². The van der Waals surface area contributed by atoms with Gasteiger partial charge in [-0.25, -0.2) is 23.5 Å². The van der Waals surface area contributed by atoms with Gasteiger partial charge in [-0.15, -0.1) is 0 Å². The molecule has 4 rings (SSSR count). The highest BCUT2D eigenvalue weighted by Gasteiger charge is 2.52. The topological polar surface area (TPSA) is 99.2 Å². The van der Waals surface area contributed by atoms with Crippen LogP contribution in [0, 0.1) is 0 Å². The van der Waals surface area contributed by atoms with E-state index in [0.29, 0.717) is 19.6 Å². The van der Waals surface area contributed by atoms with Gasteiger partial charge in [-0.05, 0) is 6.07 Å². The van der Waals surface area contributed by atoms with Gasteiger partial charge in [0.2, 0.25) is 6.23 Å². The van der Waals surface area contributed by atoms with Crippen LogP contribution in [0.15, 0.2) is 29.6 Å². The first kappa shape index (κ1) is 16.0. The average molecular weight is 350 g/mol. The fraction of sp³-hybridized carbons (Fsp3) is 0.467. The molecule has 2 aromatic rings. The molecule has 4 heterocycles. The van der Waals surface area contributed by atoms with Crippen molar-refractivity contribution in [3.05, 3.63) is 46.5 Å². The highest BCUT2D eigenvalue weighted by molar-refractivity contribution is 5.23. The molecule has 0 radical (unpaired) electrons. The van der Waals surface area contributed by atoms with E-state index in [2.05, 4.69) is 15.0 Å². The van der Waals surface area contributed by atoms with E-state index in [0.717, 1.165) is 15.8 Å². The summed E-state index contributed by atoms with van der Waals surface area (Å²) in [6.07, 6.45) is 1.54. The maximum absolute atomic E-state index is 14.4. The molecular formula is C15H16F2N6O2. The number of anilines is 1. The van der Waals surface area contributed by atoms with Crippen molar-refractivity contribution in [2.45, 2.75) is 37.8 Å². The molecule has 25 heavy (non-hydrogen) atoms. The zero-order valence-corrected chi connectivity index (χ0v) is 13.2. The molecule has 10 heteroatoms. The summed E-state index contributed by atoms with van der Waals surface area (Å²) in [5.74, 6) is -3.19. The molecule has 1 saturated heterocycles. The maximum Gasteiger partial charge on any atom is 0.351 e. The van der Waals surface area contributed by atoms with Crippen molar-refractivity contribution in [3.63, 3.8) is 0 Å². The normalized spacial score (nSPS) is 25.2. The Hall–Kier alpha value is -2.46. The van der Waals surface area contributed by atoms with E-state index in [1.807, 2.05) is 4.90 Å². The fourth-order valence-electron chi connectivity index (χ4n) is 3.30. The standard InChI is InChI=1S/C15H16F2N6O2/c16-15(17)3-10(6-22-5-9-4-19-8-20-11(9)7-22)25-13(15)23-2-1-12(18)21-14(23)24/h1-2,4,8,10,13H,3,5-7H2,(H2,18,21,24)/t10-,13+/m0/s1. The van der Waals surface area contributed by atoms with Crippen LogP contribution in [-0.2, 0) is 17.8 Å². The van der Waals surface area contributed by atoms with Crippen molar-refractivity contribution in [2.75, 3.05) is 12.3 Å². The number of hydrogen-bond donors (Lipinski definition) is 1. The minimum atomic E-state index is -3.17. The predicted molar refractivity (Wildman–Crippen MR) is 82.5 cm³/mol. The Morgan fingerprint density at radius 1 is 1.40 bits per heavy atom. The number of ether oxygens (including phenoxy) is 1. The van der Waals surface area contributed by atoms with Gasteiger partial charge in [0.1, 0.15) is 12.1 Å². The number of nitrogens with two attached hydrogens (primary N) is 1. The molecule has 2 aliphatic heterocycles. The SMILES string of the molecule is Nc1ccn([C@@H]2O[C@H](CN3Cc4cncnc4C3)CC2(F)F)c(=O)n1. The molecule has 0 aliphatic carbocycles. The molecule has 2 aromatic heterocycles. The van der Waals surface area contributed by atoms with Gasteiger partial charge in [0.05, 0.1) is 11.8 Å². The Balaban J connectivity index is 1.48. The van der Waals surface area contributed by atoms with E-state index in [4.69, 9.17) is 10.5 Å². The van der Waals surface area contributed by atoms with Crippen LogP contribution in [0.3, 0.4) is 0 Å². The van der Waals surface area contributed by atoms with Crippen molar-refractivity contribution in [3.8, 4) is 0 Å². The number of halogens is 2. The van der Waals surface area contributed by atoms with Gasteiger partial charge in [0, 0.05) is 44.0 Å². The monoisotopic (exact) mass is 350 g/mol. The Kier molecular flexibility index (Phi) is 3.73. The minimum Gasteiger partial charge on any atom is -0.383 e. The van der Waals surface area contributed by atoms with Crippen LogP contribution < -0.4 is 11.4 Å². The highest BCUT2D eigenvalue weighted by atomic mass is 19.3. The first-order valence-electron chi connectivity index (χ1n) is 7.80. The summed E-state index contributed by atoms with van der Waals surface area (Å²) in [6.45, 7) is 1.48. The molecule has 1 fully saturated rings. The van der Waals surface area contributed by atoms with Crippen LogP contribution >= 0.6 is 0 Å². The molecule has 2 N–H and O–H groups in total. The summed E-state index contributed by atoms with van der Waals surface area (Å²) in [5, 5.41) is 0. The molecule has 0 aromatic carbocycles. The van der Waals surface area contributed by atoms with Crippen LogP contribution in [0.1, 0.15) is 23.9 Å². The lowest BCUT2D eigenvalue weighted by molar-refractivity contribution is -0.118. The van der Waals surface area contributed by atoms with Crippen LogP contribution in [-0.4, -0.2) is 43.0 Å². The summed E-state index contributed by atoms with van der Waals surface area (Å²) < 4.78 is 35.0. The van der Waals surface area contributed by atoms with Gasteiger partial charge in [-0.2, -0.15) is 4.98 Å². The zero-order chi connectivity index (χ0) is 17.6. The third kappa shape index (κ3) is 2.98. The quantitative estimate of drug-likeness (QED) is 0.863. The van der Waals surface area contributed by atoms with E-state index in [-0.39, 0.29) is 5.82 Å². The lowest BCUT2D eigenvalue weighted by atomic mass is 10.1. The Bertz CT molecular complexity index is 833. The van der Waals surface area contributed by atoms with E-state index in [9.17, 15) is 13.6 Å². The van der Waals surface area contributed by atoms with Gasteiger partial charge in [0.15, 0.2) is 0 Å². The largest absolute Gasteiger partial charge is 0.383 e. The molecule has 132 valence electrons. The number of rotatable bonds is 3. The number of fused-ring (bicyclic) bond motifs is 1. The molecule has 0 bridgehead atoms. The number of alkyl halides is 2. The van der Waals surface area contributed by atoms with E-state index in [1.54, 1.807) is 6.20 Å². The smallest absolute Gasteiger partial charge is 0.351 e. The van der Waals surface area contributed by atoms with Crippen LogP contribution in [0.5, 0.6) is 0 Å². The van der Waals surface area contributed by atoms with Crippen molar-refractivity contribution in [2.24, 2.45) is 0 Å². The van der Waals surface area contributed by atoms with Crippen molar-refractivity contribution >= 4 is 5.82 Å². The molecule has 2 atom stereocenters. The molecule has 0 amide bonds. The Morgan fingerprint density at radius 3 is 3.00 bits per heavy atom. The van der Waals surface area contributed by atoms with Crippen LogP contribution in [0.4, 0.5) is 14.6 Å². The molecule has 2 aliphatic rings. The summed E-state index contributed by atoms with van der Waals surface area (Å²) in [5.41, 5.74) is 6.44. The third-order valence-electron chi connectivity index (χ3n) is 4.40. The lowest BCUT2D eigenvalue weighted by Crippen LogP contribution is -2.35. The molecular weight excluding hydrogens is 334 g/mol.